The van der Waals surface area contributed by atoms with Crippen LogP contribution in [-0.4, -0.2) is 285 Å². The molecular weight excluding hydrogens is 1850 g/mol. The Kier molecular flexibility index (Phi) is 32.6. The molecule has 8 aliphatic heterocycles. The normalized spacial score (nSPS) is 20.8. The number of halogens is 4. The lowest BCUT2D eigenvalue weighted by atomic mass is 10.1. The number of benzene rings is 1. The summed E-state index contributed by atoms with van der Waals surface area (Å²) in [6.45, 7) is 6.16. The molecule has 8 aliphatic rings. The predicted molar refractivity (Wildman–Crippen MR) is 486 cm³/mol. The number of anilines is 2. The molecule has 0 saturated carbocycles. The van der Waals surface area contributed by atoms with Crippen LogP contribution < -0.4 is 69.8 Å². The van der Waals surface area contributed by atoms with Gasteiger partial charge in [-0.2, -0.15) is 5.10 Å². The molecule has 4 fully saturated rings. The van der Waals surface area contributed by atoms with Crippen LogP contribution in [-0.2, 0) is 99.3 Å². The molecular formula is C92H98F4N18O22S2. The molecule has 0 spiro atoms. The van der Waals surface area contributed by atoms with Gasteiger partial charge in [0.05, 0.1) is 214 Å². The summed E-state index contributed by atoms with van der Waals surface area (Å²) < 4.78 is 146. The summed E-state index contributed by atoms with van der Waals surface area (Å²) in [6, 6.07) is 28.1. The van der Waals surface area contributed by atoms with E-state index in [9.17, 15) is 47.6 Å². The third-order valence-electron chi connectivity index (χ3n) is 22.7. The fraction of sp³-hybridized carbons (Fsp3) is 0.413. The van der Waals surface area contributed by atoms with E-state index in [0.29, 0.717) is 188 Å². The second kappa shape index (κ2) is 46.2. The second-order valence-electron chi connectivity index (χ2n) is 32.4. The standard InChI is InChI=1S/C24H26FN3O6.C23H24FN5O6.C23H24FN5O5S.C22H24FN5O5S/c1-30-22-5-3-18-23(28-22)16(17(25)11-27-18)9-19(29)24-33-12-15(13-34-24)26-10-14-2-4-20-21(8-14)32-7-6-31-20;1-32-20-5-3-16-21(29-20)14(15(24)8-26-16)6-17(30)23-34-9-13(10-35-23)25-7-12-2-4-18-22(27-12)28-19(31)11-33-18;1-32-20-5-3-16-21(29-20)14(15(24)8-26-16)6-17(30)23-33-9-13(10-34-23)25-7-12-2-4-18-22(27-12)28-19(31)11-35-18;1-30-19-3-2-16-20(26-19)14(15(23)9-25-16)7-17(29)22-32-10-13(11-33-22)24-8-12-6-18-21(28-27-12)31-4-5-34-18/h2-5,8,11,15,19,24,26,29H,6-7,9-10,12-13H2,1H3;2*2-5,8,13,17,23,25,30H,6-7,9-11H2,1H3,(H,27,28,31);2-3,6,9,13,17,22,24,29H,4-5,7-8,10-11H2,1H3/t15?,19-,24?;2*13?,17-,23?;13?,17-,22?/m0000/s1. The van der Waals surface area contributed by atoms with Gasteiger partial charge >= 0.3 is 0 Å². The van der Waals surface area contributed by atoms with Gasteiger partial charge < -0.3 is 128 Å². The van der Waals surface area contributed by atoms with Crippen molar-refractivity contribution in [2.45, 2.75) is 135 Å². The summed E-state index contributed by atoms with van der Waals surface area (Å²) in [6.07, 6.45) is -3.72. The number of carbonyl (C=O) groups excluding carboxylic acids is 2. The Bertz CT molecular complexity index is 5910. The number of methoxy groups -OCH3 is 4. The van der Waals surface area contributed by atoms with Crippen LogP contribution in [0.5, 0.6) is 46.6 Å². The fourth-order valence-corrected chi connectivity index (χ4v) is 17.2. The lowest BCUT2D eigenvalue weighted by Gasteiger charge is -2.32. The van der Waals surface area contributed by atoms with Crippen molar-refractivity contribution in [1.29, 1.82) is 0 Å². The number of aliphatic hydroxyl groups excluding tert-OH is 4. The topological polar surface area (TPSA) is 490 Å². The van der Waals surface area contributed by atoms with Crippen LogP contribution in [0, 0.1) is 23.3 Å². The van der Waals surface area contributed by atoms with Gasteiger partial charge in [-0.25, -0.2) is 47.5 Å². The number of fused-ring (bicyclic) bond motifs is 8. The number of rotatable bonds is 28. The van der Waals surface area contributed by atoms with Crippen molar-refractivity contribution in [2.75, 3.05) is 130 Å². The largest absolute Gasteiger partial charge is 0.486 e. The maximum Gasteiger partial charge on any atom is 0.263 e. The molecule has 1 aromatic carbocycles. The zero-order valence-electron chi connectivity index (χ0n) is 74.9. The van der Waals surface area contributed by atoms with Crippen molar-refractivity contribution in [3.63, 3.8) is 0 Å². The zero-order chi connectivity index (χ0) is 95.7. The van der Waals surface area contributed by atoms with Crippen molar-refractivity contribution >= 4 is 91.1 Å². The van der Waals surface area contributed by atoms with Crippen LogP contribution in [0.15, 0.2) is 132 Å². The molecule has 0 bridgehead atoms. The predicted octanol–water partition coefficient (Wildman–Crippen LogP) is 6.06. The summed E-state index contributed by atoms with van der Waals surface area (Å²) in [5.41, 5.74) is 7.56. The number of thioether (sulfide) groups is 2. The van der Waals surface area contributed by atoms with Crippen LogP contribution in [0.2, 0.25) is 0 Å². The third kappa shape index (κ3) is 24.6. The lowest BCUT2D eigenvalue weighted by molar-refractivity contribution is -0.230. The van der Waals surface area contributed by atoms with Crippen LogP contribution in [0.3, 0.4) is 0 Å². The molecule has 46 heteroatoms. The highest BCUT2D eigenvalue weighted by Crippen LogP contribution is 2.37. The van der Waals surface area contributed by atoms with E-state index in [0.717, 1.165) is 68.8 Å². The highest BCUT2D eigenvalue weighted by Gasteiger charge is 2.36. The van der Waals surface area contributed by atoms with E-state index in [4.69, 9.17) is 75.8 Å². The van der Waals surface area contributed by atoms with Gasteiger partial charge in [-0.3, -0.25) is 29.5 Å². The summed E-state index contributed by atoms with van der Waals surface area (Å²) in [4.78, 5) is 67.2. The number of hydrogen-bond donors (Lipinski definition) is 10. The molecule has 10 N–H and O–H groups in total. The van der Waals surface area contributed by atoms with Crippen molar-refractivity contribution in [3.05, 3.63) is 190 Å². The number of pyridine rings is 10. The highest BCUT2D eigenvalue weighted by molar-refractivity contribution is 8.00. The Balaban J connectivity index is 0.000000127. The van der Waals surface area contributed by atoms with E-state index in [2.05, 4.69) is 91.9 Å². The number of carbonyl (C=O) groups is 2. The number of amides is 2. The molecule has 12 aromatic rings. The van der Waals surface area contributed by atoms with Gasteiger partial charge in [0.1, 0.15) is 66.7 Å². The van der Waals surface area contributed by atoms with E-state index >= 15 is 0 Å². The minimum Gasteiger partial charge on any atom is -0.486 e. The Morgan fingerprint density at radius 3 is 1.20 bits per heavy atom. The van der Waals surface area contributed by atoms with Gasteiger partial charge in [-0.15, -0.1) is 28.6 Å². The zero-order valence-corrected chi connectivity index (χ0v) is 76.5. The third-order valence-corrected chi connectivity index (χ3v) is 24.8. The van der Waals surface area contributed by atoms with Gasteiger partial charge in [0, 0.05) is 104 Å². The number of nitrogens with zero attached hydrogens (tertiary/aromatic N) is 12. The van der Waals surface area contributed by atoms with Gasteiger partial charge in [-0.05, 0) is 72.3 Å². The van der Waals surface area contributed by atoms with Gasteiger partial charge in [0.2, 0.25) is 35.3 Å². The maximum atomic E-state index is 14.6. The first-order valence-electron chi connectivity index (χ1n) is 44.1. The van der Waals surface area contributed by atoms with Crippen molar-refractivity contribution in [2.24, 2.45) is 0 Å². The molecule has 138 heavy (non-hydrogen) atoms. The Hall–Kier alpha value is -12.0. The molecule has 11 aromatic heterocycles. The van der Waals surface area contributed by atoms with Crippen molar-refractivity contribution in [1.82, 2.24) is 81.3 Å². The molecule has 0 aliphatic carbocycles. The average Bonchev–Trinajstić information content (AvgIpc) is 0.798. The lowest BCUT2D eigenvalue weighted by Crippen LogP contribution is -2.48. The van der Waals surface area contributed by atoms with Crippen molar-refractivity contribution in [3.8, 4) is 46.6 Å². The first kappa shape index (κ1) is 97.6. The number of ether oxygens (including phenoxy) is 16. The van der Waals surface area contributed by atoms with E-state index in [-0.39, 0.29) is 104 Å². The maximum absolute atomic E-state index is 14.6. The number of aliphatic hydroxyl groups is 4. The van der Waals surface area contributed by atoms with Gasteiger partial charge in [0.15, 0.2) is 54.8 Å². The minimum absolute atomic E-state index is 0.0230. The quantitative estimate of drug-likeness (QED) is 0.0249. The molecule has 728 valence electrons. The summed E-state index contributed by atoms with van der Waals surface area (Å²) in [7, 11) is 5.91. The van der Waals surface area contributed by atoms with Crippen molar-refractivity contribution < 1.29 is 123 Å². The molecule has 19 heterocycles. The fourth-order valence-electron chi connectivity index (χ4n) is 15.6. The SMILES string of the molecule is COc1ccc2ncc(F)c(C[C@H](O)C3OCC(NCc4cc5c(nn4)OCCS5)CO3)c2n1.COc1ccc2ncc(F)c(C[C@H](O)C3OCC(NCc4ccc5c(c4)OCCO5)CO3)c2n1.COc1ccc2ncc(F)c(C[C@H](O)C3OCC(NCc4ccc5c(n4)NC(=O)CO5)CO3)c2n1.COc1ccc2ncc(F)c(C[C@H](O)C3OCC(NCc4ccc5c(n4)NC(=O)CS5)CO3)c2n1. The van der Waals surface area contributed by atoms with Crippen LogP contribution >= 0.6 is 23.5 Å². The van der Waals surface area contributed by atoms with Gasteiger partial charge in [-0.1, -0.05) is 6.07 Å². The minimum atomic E-state index is -1.12. The van der Waals surface area contributed by atoms with E-state index in [1.165, 1.54) is 40.2 Å². The second-order valence-corrected chi connectivity index (χ2v) is 34.6. The summed E-state index contributed by atoms with van der Waals surface area (Å²) >= 11 is 3.16. The first-order valence-corrected chi connectivity index (χ1v) is 46.0. The highest BCUT2D eigenvalue weighted by atomic mass is 32.2. The van der Waals surface area contributed by atoms with Crippen LogP contribution in [0.25, 0.3) is 44.1 Å². The number of aromatic nitrogens is 12. The smallest absolute Gasteiger partial charge is 0.263 e. The van der Waals surface area contributed by atoms with Crippen LogP contribution in [0.1, 0.15) is 44.9 Å². The number of nitrogens with one attached hydrogen (secondary N) is 6. The Morgan fingerprint density at radius 1 is 0.391 bits per heavy atom. The average molecular weight is 1950 g/mol. The van der Waals surface area contributed by atoms with E-state index in [1.807, 2.05) is 36.4 Å². The Labute approximate surface area is 793 Å². The summed E-state index contributed by atoms with van der Waals surface area (Å²) in [5.74, 6) is 3.62. The van der Waals surface area contributed by atoms with Gasteiger partial charge in [0.25, 0.3) is 5.91 Å². The monoisotopic (exact) mass is 1950 g/mol. The molecule has 0 unspecified atom stereocenters. The molecule has 4 atom stereocenters. The molecule has 2 amide bonds. The molecule has 4 saturated heterocycles. The van der Waals surface area contributed by atoms with E-state index < -0.39 is 72.8 Å². The van der Waals surface area contributed by atoms with E-state index in [1.54, 1.807) is 72.4 Å². The number of hydrogen-bond acceptors (Lipinski definition) is 40. The van der Waals surface area contributed by atoms with Crippen LogP contribution in [0.4, 0.5) is 29.2 Å². The summed E-state index contributed by atoms with van der Waals surface area (Å²) in [5, 5.41) is 69.8. The molecule has 0 radical (unpaired) electrons. The molecule has 40 nitrogen and oxygen atoms in total. The first-order chi connectivity index (χ1) is 67.2. The molecule has 20 rings (SSSR count). The Morgan fingerprint density at radius 2 is 0.775 bits per heavy atom.